The first-order chi connectivity index (χ1) is 11.2. The van der Waals surface area contributed by atoms with Gasteiger partial charge in [0.05, 0.1) is 19.7 Å². The minimum atomic E-state index is 0.625. The molecule has 124 valence electrons. The Hall–Kier alpha value is -2.01. The average molecular weight is 331 g/mol. The molecule has 0 spiro atoms. The largest absolute Gasteiger partial charge is 0.494 e. The molecule has 2 N–H and O–H groups in total. The molecule has 0 atom stereocenters. The van der Waals surface area contributed by atoms with Gasteiger partial charge in [0, 0.05) is 11.4 Å². The van der Waals surface area contributed by atoms with Crippen molar-refractivity contribution in [3.8, 4) is 5.75 Å². The van der Waals surface area contributed by atoms with E-state index in [4.69, 9.17) is 4.74 Å². The van der Waals surface area contributed by atoms with Crippen molar-refractivity contribution in [1.29, 1.82) is 0 Å². The van der Waals surface area contributed by atoms with Crippen LogP contribution >= 0.6 is 11.3 Å². The summed E-state index contributed by atoms with van der Waals surface area (Å²) < 4.78 is 5.53. The molecule has 0 aliphatic carbocycles. The number of benzene rings is 1. The lowest BCUT2D eigenvalue weighted by Gasteiger charge is -2.11. The van der Waals surface area contributed by atoms with Gasteiger partial charge in [-0.3, -0.25) is 0 Å². The first-order valence-electron chi connectivity index (χ1n) is 7.99. The maximum Gasteiger partial charge on any atom is 0.191 e. The Labute approximate surface area is 142 Å². The fraction of sp³-hybridized carbons (Fsp3) is 0.389. The lowest BCUT2D eigenvalue weighted by molar-refractivity contribution is 0.340. The SMILES string of the molecule is CCNC(=NCc1cccc(OCC)c1)NCc1sccc1C. The summed E-state index contributed by atoms with van der Waals surface area (Å²) in [4.78, 5) is 6.00. The standard InChI is InChI=1S/C18H25N3OS/c1-4-19-18(21-13-17-14(3)9-10-23-17)20-12-15-7-6-8-16(11-15)22-5-2/h6-11H,4-5,12-13H2,1-3H3,(H2,19,20,21). The highest BCUT2D eigenvalue weighted by Crippen LogP contribution is 2.15. The van der Waals surface area contributed by atoms with Crippen LogP contribution in [0.1, 0.15) is 29.9 Å². The highest BCUT2D eigenvalue weighted by Gasteiger charge is 2.02. The van der Waals surface area contributed by atoms with Crippen LogP contribution in [-0.4, -0.2) is 19.1 Å². The Kier molecular flexibility index (Phi) is 6.94. The number of hydrogen-bond donors (Lipinski definition) is 2. The van der Waals surface area contributed by atoms with Gasteiger partial charge in [0.2, 0.25) is 0 Å². The molecule has 0 aliphatic rings. The number of thiophene rings is 1. The summed E-state index contributed by atoms with van der Waals surface area (Å²) in [6, 6.07) is 10.2. The molecule has 0 fully saturated rings. The minimum absolute atomic E-state index is 0.625. The van der Waals surface area contributed by atoms with E-state index in [0.717, 1.165) is 30.4 Å². The Morgan fingerprint density at radius 2 is 2.09 bits per heavy atom. The maximum absolute atomic E-state index is 5.53. The Morgan fingerprint density at radius 3 is 2.78 bits per heavy atom. The quantitative estimate of drug-likeness (QED) is 0.600. The molecule has 23 heavy (non-hydrogen) atoms. The van der Waals surface area contributed by atoms with Crippen molar-refractivity contribution in [2.75, 3.05) is 13.2 Å². The van der Waals surface area contributed by atoms with Crippen LogP contribution in [0.4, 0.5) is 0 Å². The predicted molar refractivity (Wildman–Crippen MR) is 98.3 cm³/mol. The van der Waals surface area contributed by atoms with Gasteiger partial charge in [-0.25, -0.2) is 4.99 Å². The van der Waals surface area contributed by atoms with Crippen molar-refractivity contribution in [3.05, 3.63) is 51.7 Å². The zero-order valence-corrected chi connectivity index (χ0v) is 14.9. The molecule has 4 nitrogen and oxygen atoms in total. The van der Waals surface area contributed by atoms with E-state index in [0.29, 0.717) is 13.2 Å². The lowest BCUT2D eigenvalue weighted by Crippen LogP contribution is -2.36. The second-order valence-electron chi connectivity index (χ2n) is 5.16. The van der Waals surface area contributed by atoms with Gasteiger partial charge in [-0.15, -0.1) is 11.3 Å². The van der Waals surface area contributed by atoms with Gasteiger partial charge in [-0.2, -0.15) is 0 Å². The number of aryl methyl sites for hydroxylation is 1. The van der Waals surface area contributed by atoms with Gasteiger partial charge in [0.15, 0.2) is 5.96 Å². The monoisotopic (exact) mass is 331 g/mol. The van der Waals surface area contributed by atoms with Crippen LogP contribution in [0.2, 0.25) is 0 Å². The molecule has 0 saturated heterocycles. The summed E-state index contributed by atoms with van der Waals surface area (Å²) in [6.45, 7) is 9.14. The molecule has 0 radical (unpaired) electrons. The number of nitrogens with zero attached hydrogens (tertiary/aromatic N) is 1. The van der Waals surface area contributed by atoms with Gasteiger partial charge in [-0.1, -0.05) is 12.1 Å². The van der Waals surface area contributed by atoms with E-state index in [1.807, 2.05) is 25.1 Å². The number of ether oxygens (including phenoxy) is 1. The molecule has 1 aromatic carbocycles. The molecule has 0 bridgehead atoms. The van der Waals surface area contributed by atoms with E-state index < -0.39 is 0 Å². The number of aliphatic imine (C=N–C) groups is 1. The van der Waals surface area contributed by atoms with Gasteiger partial charge < -0.3 is 15.4 Å². The van der Waals surface area contributed by atoms with E-state index >= 15 is 0 Å². The van der Waals surface area contributed by atoms with Crippen LogP contribution in [-0.2, 0) is 13.1 Å². The zero-order valence-electron chi connectivity index (χ0n) is 14.1. The van der Waals surface area contributed by atoms with Gasteiger partial charge >= 0.3 is 0 Å². The number of hydrogen-bond acceptors (Lipinski definition) is 3. The molecule has 2 rings (SSSR count). The van der Waals surface area contributed by atoms with E-state index in [1.165, 1.54) is 10.4 Å². The number of guanidine groups is 1. The molecule has 5 heteroatoms. The van der Waals surface area contributed by atoms with Gasteiger partial charge in [0.25, 0.3) is 0 Å². The Morgan fingerprint density at radius 1 is 1.22 bits per heavy atom. The zero-order chi connectivity index (χ0) is 16.5. The van der Waals surface area contributed by atoms with Crippen LogP contribution in [0.3, 0.4) is 0 Å². The van der Waals surface area contributed by atoms with E-state index in [2.05, 4.69) is 47.0 Å². The first-order valence-corrected chi connectivity index (χ1v) is 8.87. The summed E-state index contributed by atoms with van der Waals surface area (Å²) in [7, 11) is 0. The van der Waals surface area contributed by atoms with Gasteiger partial charge in [0.1, 0.15) is 5.75 Å². The molecule has 1 aromatic heterocycles. The molecule has 2 aromatic rings. The highest BCUT2D eigenvalue weighted by molar-refractivity contribution is 7.10. The fourth-order valence-electron chi connectivity index (χ4n) is 2.16. The molecule has 0 aliphatic heterocycles. The van der Waals surface area contributed by atoms with Crippen molar-refractivity contribution in [2.45, 2.75) is 33.9 Å². The number of nitrogens with one attached hydrogen (secondary N) is 2. The summed E-state index contributed by atoms with van der Waals surface area (Å²) in [6.07, 6.45) is 0. The maximum atomic E-state index is 5.53. The van der Waals surface area contributed by atoms with Crippen molar-refractivity contribution in [2.24, 2.45) is 4.99 Å². The van der Waals surface area contributed by atoms with Crippen LogP contribution in [0.5, 0.6) is 5.75 Å². The molecular weight excluding hydrogens is 306 g/mol. The molecule has 1 heterocycles. The third-order valence-corrected chi connectivity index (χ3v) is 4.38. The lowest BCUT2D eigenvalue weighted by atomic mass is 10.2. The van der Waals surface area contributed by atoms with Crippen molar-refractivity contribution >= 4 is 17.3 Å². The Balaban J connectivity index is 1.97. The topological polar surface area (TPSA) is 45.7 Å². The van der Waals surface area contributed by atoms with E-state index in [9.17, 15) is 0 Å². The van der Waals surface area contributed by atoms with Crippen LogP contribution in [0.25, 0.3) is 0 Å². The predicted octanol–water partition coefficient (Wildman–Crippen LogP) is 3.71. The molecule has 0 amide bonds. The highest BCUT2D eigenvalue weighted by atomic mass is 32.1. The molecule has 0 saturated carbocycles. The van der Waals surface area contributed by atoms with Crippen LogP contribution in [0.15, 0.2) is 40.7 Å². The van der Waals surface area contributed by atoms with Crippen molar-refractivity contribution in [3.63, 3.8) is 0 Å². The van der Waals surface area contributed by atoms with Crippen LogP contribution < -0.4 is 15.4 Å². The normalized spacial score (nSPS) is 11.3. The van der Waals surface area contributed by atoms with Crippen molar-refractivity contribution in [1.82, 2.24) is 10.6 Å². The average Bonchev–Trinajstić information content (AvgIpc) is 2.96. The fourth-order valence-corrected chi connectivity index (χ4v) is 3.01. The number of rotatable bonds is 7. The minimum Gasteiger partial charge on any atom is -0.494 e. The molecule has 0 unspecified atom stereocenters. The smallest absolute Gasteiger partial charge is 0.191 e. The summed E-state index contributed by atoms with van der Waals surface area (Å²) in [5, 5.41) is 8.80. The Bertz CT molecular complexity index is 637. The first kappa shape index (κ1) is 17.3. The molecular formula is C18H25N3OS. The third kappa shape index (κ3) is 5.60. The second-order valence-corrected chi connectivity index (χ2v) is 6.16. The van der Waals surface area contributed by atoms with E-state index in [-0.39, 0.29) is 0 Å². The van der Waals surface area contributed by atoms with E-state index in [1.54, 1.807) is 11.3 Å². The van der Waals surface area contributed by atoms with Crippen LogP contribution in [0, 0.1) is 6.92 Å². The third-order valence-electron chi connectivity index (χ3n) is 3.36. The van der Waals surface area contributed by atoms with Crippen molar-refractivity contribution < 1.29 is 4.74 Å². The van der Waals surface area contributed by atoms with Gasteiger partial charge in [-0.05, 0) is 55.5 Å². The summed E-state index contributed by atoms with van der Waals surface area (Å²) >= 11 is 1.77. The second kappa shape index (κ2) is 9.20. The summed E-state index contributed by atoms with van der Waals surface area (Å²) in [5.74, 6) is 1.73. The summed E-state index contributed by atoms with van der Waals surface area (Å²) in [5.41, 5.74) is 2.46.